The molecule has 0 heterocycles. The zero-order valence-corrected chi connectivity index (χ0v) is 11.2. The van der Waals surface area contributed by atoms with Crippen molar-refractivity contribution in [3.05, 3.63) is 35.9 Å². The summed E-state index contributed by atoms with van der Waals surface area (Å²) in [4.78, 5) is 11.2. The molecular weight excluding hydrogens is 228 g/mol. The van der Waals surface area contributed by atoms with Crippen molar-refractivity contribution >= 4 is 5.97 Å². The van der Waals surface area contributed by atoms with Gasteiger partial charge in [-0.3, -0.25) is 4.79 Å². The van der Waals surface area contributed by atoms with Crippen LogP contribution in [0.5, 0.6) is 0 Å². The van der Waals surface area contributed by atoms with Crippen LogP contribution in [0.2, 0.25) is 0 Å². The van der Waals surface area contributed by atoms with Gasteiger partial charge in [0, 0.05) is 6.42 Å². The van der Waals surface area contributed by atoms with Gasteiger partial charge in [-0.05, 0) is 25.3 Å². The molecule has 0 aliphatic rings. The van der Waals surface area contributed by atoms with E-state index in [0.717, 1.165) is 12.8 Å². The summed E-state index contributed by atoms with van der Waals surface area (Å²) in [6, 6.07) is 10.2. The van der Waals surface area contributed by atoms with Crippen LogP contribution in [0.1, 0.15) is 32.3 Å². The van der Waals surface area contributed by atoms with E-state index in [4.69, 9.17) is 9.47 Å². The molecule has 18 heavy (non-hydrogen) atoms. The number of rotatable bonds is 8. The first-order valence-electron chi connectivity index (χ1n) is 6.53. The molecule has 0 aliphatic carbocycles. The number of carbonyl (C=O) groups is 1. The summed E-state index contributed by atoms with van der Waals surface area (Å²) >= 11 is 0. The van der Waals surface area contributed by atoms with Crippen LogP contribution >= 0.6 is 0 Å². The van der Waals surface area contributed by atoms with E-state index in [-0.39, 0.29) is 12.1 Å². The van der Waals surface area contributed by atoms with Gasteiger partial charge >= 0.3 is 5.97 Å². The zero-order valence-electron chi connectivity index (χ0n) is 11.2. The standard InChI is InChI=1S/C15H22O3/c1-3-7-15(16)18-13(2)12-17-11-10-14-8-5-4-6-9-14/h4-6,8-9,13H,3,7,10-12H2,1-2H3. The van der Waals surface area contributed by atoms with Crippen LogP contribution in [0.4, 0.5) is 0 Å². The number of carbonyl (C=O) groups excluding carboxylic acids is 1. The number of ether oxygens (including phenoxy) is 2. The molecule has 0 aliphatic heterocycles. The highest BCUT2D eigenvalue weighted by Crippen LogP contribution is 2.01. The van der Waals surface area contributed by atoms with Crippen molar-refractivity contribution in [3.8, 4) is 0 Å². The Morgan fingerprint density at radius 1 is 1.28 bits per heavy atom. The van der Waals surface area contributed by atoms with Crippen molar-refractivity contribution in [2.75, 3.05) is 13.2 Å². The maximum Gasteiger partial charge on any atom is 0.306 e. The molecule has 0 saturated heterocycles. The molecule has 0 aromatic heterocycles. The summed E-state index contributed by atoms with van der Waals surface area (Å²) in [5, 5.41) is 0. The van der Waals surface area contributed by atoms with Gasteiger partial charge in [0.15, 0.2) is 0 Å². The van der Waals surface area contributed by atoms with Gasteiger partial charge in [-0.2, -0.15) is 0 Å². The minimum absolute atomic E-state index is 0.142. The lowest BCUT2D eigenvalue weighted by atomic mass is 10.2. The summed E-state index contributed by atoms with van der Waals surface area (Å²) in [6.45, 7) is 4.93. The van der Waals surface area contributed by atoms with E-state index < -0.39 is 0 Å². The van der Waals surface area contributed by atoms with E-state index in [2.05, 4.69) is 12.1 Å². The molecule has 0 N–H and O–H groups in total. The van der Waals surface area contributed by atoms with Gasteiger partial charge in [0.25, 0.3) is 0 Å². The van der Waals surface area contributed by atoms with Crippen LogP contribution < -0.4 is 0 Å². The fraction of sp³-hybridized carbons (Fsp3) is 0.533. The topological polar surface area (TPSA) is 35.5 Å². The first-order chi connectivity index (χ1) is 8.72. The molecule has 0 fully saturated rings. The third-order valence-corrected chi connectivity index (χ3v) is 2.52. The van der Waals surface area contributed by atoms with E-state index in [9.17, 15) is 4.79 Å². The first kappa shape index (κ1) is 14.7. The maximum atomic E-state index is 11.2. The molecule has 1 aromatic carbocycles. The van der Waals surface area contributed by atoms with Crippen LogP contribution in [0.25, 0.3) is 0 Å². The minimum atomic E-state index is -0.167. The van der Waals surface area contributed by atoms with Crippen LogP contribution in [-0.2, 0) is 20.7 Å². The molecule has 1 rings (SSSR count). The molecule has 0 bridgehead atoms. The Morgan fingerprint density at radius 2 is 2.00 bits per heavy atom. The monoisotopic (exact) mass is 250 g/mol. The lowest BCUT2D eigenvalue weighted by molar-refractivity contribution is -0.151. The zero-order chi connectivity index (χ0) is 13.2. The lowest BCUT2D eigenvalue weighted by Crippen LogP contribution is -2.20. The maximum absolute atomic E-state index is 11.2. The molecular formula is C15H22O3. The van der Waals surface area contributed by atoms with Crippen LogP contribution in [0.3, 0.4) is 0 Å². The predicted molar refractivity (Wildman–Crippen MR) is 71.4 cm³/mol. The highest BCUT2D eigenvalue weighted by atomic mass is 16.6. The molecule has 0 spiro atoms. The Bertz CT molecular complexity index is 335. The summed E-state index contributed by atoms with van der Waals surface area (Å²) in [6.07, 6.45) is 2.02. The molecule has 3 heteroatoms. The minimum Gasteiger partial charge on any atom is -0.460 e. The highest BCUT2D eigenvalue weighted by molar-refractivity contribution is 5.69. The summed E-state index contributed by atoms with van der Waals surface area (Å²) in [5.74, 6) is -0.142. The number of esters is 1. The van der Waals surface area contributed by atoms with Crippen molar-refractivity contribution in [2.24, 2.45) is 0 Å². The van der Waals surface area contributed by atoms with Crippen molar-refractivity contribution < 1.29 is 14.3 Å². The molecule has 100 valence electrons. The second-order valence-corrected chi connectivity index (χ2v) is 4.36. The molecule has 1 atom stereocenters. The lowest BCUT2D eigenvalue weighted by Gasteiger charge is -2.13. The van der Waals surface area contributed by atoms with Gasteiger partial charge in [0.05, 0.1) is 13.2 Å². The summed E-state index contributed by atoms with van der Waals surface area (Å²) in [5.41, 5.74) is 1.26. The van der Waals surface area contributed by atoms with Gasteiger partial charge in [-0.1, -0.05) is 37.3 Å². The quantitative estimate of drug-likeness (QED) is 0.525. The van der Waals surface area contributed by atoms with Crippen molar-refractivity contribution in [3.63, 3.8) is 0 Å². The van der Waals surface area contributed by atoms with Crippen molar-refractivity contribution in [1.82, 2.24) is 0 Å². The summed E-state index contributed by atoms with van der Waals surface area (Å²) in [7, 11) is 0. The predicted octanol–water partition coefficient (Wildman–Crippen LogP) is 2.98. The Hall–Kier alpha value is -1.35. The average molecular weight is 250 g/mol. The Labute approximate surface area is 109 Å². The second-order valence-electron chi connectivity index (χ2n) is 4.36. The third kappa shape index (κ3) is 6.40. The number of hydrogen-bond donors (Lipinski definition) is 0. The largest absolute Gasteiger partial charge is 0.460 e. The molecule has 1 aromatic rings. The van der Waals surface area contributed by atoms with E-state index in [0.29, 0.717) is 19.6 Å². The summed E-state index contributed by atoms with van der Waals surface area (Å²) < 4.78 is 10.7. The first-order valence-corrected chi connectivity index (χ1v) is 6.53. The van der Waals surface area contributed by atoms with E-state index >= 15 is 0 Å². The van der Waals surface area contributed by atoms with Crippen molar-refractivity contribution in [1.29, 1.82) is 0 Å². The molecule has 0 saturated carbocycles. The molecule has 0 amide bonds. The fourth-order valence-corrected chi connectivity index (χ4v) is 1.61. The second kappa shape index (κ2) is 8.70. The van der Waals surface area contributed by atoms with Crippen LogP contribution in [-0.4, -0.2) is 25.3 Å². The smallest absolute Gasteiger partial charge is 0.306 e. The third-order valence-electron chi connectivity index (χ3n) is 2.52. The van der Waals surface area contributed by atoms with Gasteiger partial charge < -0.3 is 9.47 Å². The van der Waals surface area contributed by atoms with E-state index in [1.54, 1.807) is 0 Å². The Kier molecular flexibility index (Phi) is 7.11. The van der Waals surface area contributed by atoms with Crippen LogP contribution in [0.15, 0.2) is 30.3 Å². The van der Waals surface area contributed by atoms with E-state index in [1.807, 2.05) is 32.0 Å². The molecule has 1 unspecified atom stereocenters. The normalized spacial score (nSPS) is 12.1. The fourth-order valence-electron chi connectivity index (χ4n) is 1.61. The number of hydrogen-bond acceptors (Lipinski definition) is 3. The average Bonchev–Trinajstić information content (AvgIpc) is 2.36. The van der Waals surface area contributed by atoms with Gasteiger partial charge in [0.1, 0.15) is 6.10 Å². The van der Waals surface area contributed by atoms with Gasteiger partial charge in [-0.25, -0.2) is 0 Å². The Morgan fingerprint density at radius 3 is 2.67 bits per heavy atom. The van der Waals surface area contributed by atoms with Gasteiger partial charge in [-0.15, -0.1) is 0 Å². The van der Waals surface area contributed by atoms with Crippen molar-refractivity contribution in [2.45, 2.75) is 39.2 Å². The molecule has 0 radical (unpaired) electrons. The van der Waals surface area contributed by atoms with Gasteiger partial charge in [0.2, 0.25) is 0 Å². The SMILES string of the molecule is CCCC(=O)OC(C)COCCc1ccccc1. The number of benzene rings is 1. The Balaban J connectivity index is 2.09. The van der Waals surface area contributed by atoms with E-state index in [1.165, 1.54) is 5.56 Å². The van der Waals surface area contributed by atoms with Crippen LogP contribution in [0, 0.1) is 0 Å². The molecule has 3 nitrogen and oxygen atoms in total. The highest BCUT2D eigenvalue weighted by Gasteiger charge is 2.08.